The van der Waals surface area contributed by atoms with Crippen LogP contribution in [0.3, 0.4) is 0 Å². The maximum Gasteiger partial charge on any atom is 0.311 e. The molecule has 0 spiro atoms. The third-order valence-corrected chi connectivity index (χ3v) is 13.8. The van der Waals surface area contributed by atoms with E-state index in [0.29, 0.717) is 0 Å². The molecule has 1 aromatic rings. The Kier molecular flexibility index (Phi) is 16.2. The average molecular weight is 862 g/mol. The lowest BCUT2D eigenvalue weighted by atomic mass is 9.77. The Balaban J connectivity index is 1.82. The van der Waals surface area contributed by atoms with Gasteiger partial charge in [-0.15, -0.1) is 0 Å². The van der Waals surface area contributed by atoms with Crippen molar-refractivity contribution in [2.75, 3.05) is 7.11 Å². The molecule has 0 aromatic heterocycles. The number of esters is 2. The van der Waals surface area contributed by atoms with Gasteiger partial charge in [0.05, 0.1) is 64.5 Å². The highest BCUT2D eigenvalue weighted by molar-refractivity contribution is 7.89. The zero-order valence-corrected chi connectivity index (χ0v) is 36.8. The Bertz CT molecular complexity index is 1660. The highest BCUT2D eigenvalue weighted by Gasteiger charge is 2.54. The minimum absolute atomic E-state index is 0.0166. The molecule has 2 unspecified atom stereocenters. The van der Waals surface area contributed by atoms with Crippen LogP contribution < -0.4 is 4.72 Å². The predicted octanol–water partition coefficient (Wildman–Crippen LogP) is 1.93. The average Bonchev–Trinajstić information content (AvgIpc) is 3.17. The van der Waals surface area contributed by atoms with Gasteiger partial charge in [0.25, 0.3) is 0 Å². The zero-order valence-electron chi connectivity index (χ0n) is 36.0. The van der Waals surface area contributed by atoms with Gasteiger partial charge in [-0.25, -0.2) is 13.1 Å². The number of sulfonamides is 1. The molecule has 3 heterocycles. The predicted molar refractivity (Wildman–Crippen MR) is 211 cm³/mol. The lowest BCUT2D eigenvalue weighted by molar-refractivity contribution is -0.315. The van der Waals surface area contributed by atoms with Crippen LogP contribution in [0, 0.1) is 17.8 Å². The van der Waals surface area contributed by atoms with Crippen LogP contribution in [-0.4, -0.2) is 143 Å². The molecule has 0 radical (unpaired) electrons. The fourth-order valence-electron chi connectivity index (χ4n) is 8.69. The number of nitrogens with one attached hydrogen (secondary N) is 1. The molecule has 0 saturated carbocycles. The normalized spacial score (nSPS) is 42.9. The van der Waals surface area contributed by atoms with Crippen LogP contribution in [0.25, 0.3) is 0 Å². The number of ether oxygens (including phenoxy) is 7. The van der Waals surface area contributed by atoms with Gasteiger partial charge < -0.3 is 58.7 Å². The molecule has 3 fully saturated rings. The van der Waals surface area contributed by atoms with Gasteiger partial charge in [0, 0.05) is 19.4 Å². The Morgan fingerprint density at radius 2 is 1.58 bits per heavy atom. The molecule has 6 N–H and O–H groups in total. The van der Waals surface area contributed by atoms with Gasteiger partial charge in [-0.1, -0.05) is 39.0 Å². The minimum Gasteiger partial charge on any atom is -0.458 e. The van der Waals surface area contributed by atoms with Crippen molar-refractivity contribution < 1.29 is 76.7 Å². The van der Waals surface area contributed by atoms with Crippen molar-refractivity contribution in [3.63, 3.8) is 0 Å². The van der Waals surface area contributed by atoms with E-state index in [1.165, 1.54) is 53.9 Å². The standard InChI is InChI=1S/C41H67NO16S/c1-12-29-41(10,33(45)25(6)43)58-36(47)21(2)19-39(8,49)35(57-38-31(44)28(18-22(3)53-38)42-59(50,51)27-16-14-13-15-17-27)23(4)32(24(5)37(48)55-29)56-30-20-40(9,52-11)34(46)26(7)54-30/h13-17,21-26,28-35,38,42-46,49H,12,18-20H2,1-11H3/t21-,22-,23+,24-,25?,26+,28+,29+,30+,31-,32-,33?,34+,35-,38+,39-,40-,41+/m1/s1. The summed E-state index contributed by atoms with van der Waals surface area (Å²) in [5.74, 6) is -5.03. The first-order chi connectivity index (χ1) is 27.3. The molecule has 0 amide bonds. The molecule has 17 nitrogen and oxygen atoms in total. The SMILES string of the molecule is CC[C@@H]1OC(=O)[C@H](C)[C@H](O[C@H]2C[C@@](C)(OC)[C@@H](O)[C@H](C)O2)[C@H](C)[C@@H](O[C@@H]2O[C@H](C)C[C@H](NS(=O)(=O)c3ccccc3)[C@H]2O)[C@](C)(O)C[C@@H](C)C(=O)O[C@]1(C)C(O)C(C)O. The van der Waals surface area contributed by atoms with Gasteiger partial charge in [-0.3, -0.25) is 9.59 Å². The highest BCUT2D eigenvalue weighted by Crippen LogP contribution is 2.41. The highest BCUT2D eigenvalue weighted by atomic mass is 32.2. The second-order valence-corrected chi connectivity index (χ2v) is 19.1. The van der Waals surface area contributed by atoms with E-state index in [0.717, 1.165) is 0 Å². The number of cyclic esters (lactones) is 2. The number of aliphatic hydroxyl groups excluding tert-OH is 4. The summed E-state index contributed by atoms with van der Waals surface area (Å²) >= 11 is 0. The summed E-state index contributed by atoms with van der Waals surface area (Å²) in [5.41, 5.74) is -5.07. The second-order valence-electron chi connectivity index (χ2n) is 17.4. The van der Waals surface area contributed by atoms with Crippen LogP contribution in [0.1, 0.15) is 94.9 Å². The van der Waals surface area contributed by atoms with E-state index in [1.54, 1.807) is 52.8 Å². The summed E-state index contributed by atoms with van der Waals surface area (Å²) in [6, 6.07) is 6.54. The summed E-state index contributed by atoms with van der Waals surface area (Å²) in [5, 5.41) is 56.9. The van der Waals surface area contributed by atoms with Gasteiger partial charge >= 0.3 is 11.9 Å². The Morgan fingerprint density at radius 1 is 0.949 bits per heavy atom. The van der Waals surface area contributed by atoms with E-state index < -0.39 is 130 Å². The first-order valence-electron chi connectivity index (χ1n) is 20.4. The number of benzene rings is 1. The fourth-order valence-corrected chi connectivity index (χ4v) is 9.97. The zero-order chi connectivity index (χ0) is 44.4. The minimum atomic E-state index is -4.11. The van der Waals surface area contributed by atoms with Crippen LogP contribution in [0.5, 0.6) is 0 Å². The summed E-state index contributed by atoms with van der Waals surface area (Å²) in [6.07, 6.45) is -13.9. The van der Waals surface area contributed by atoms with Crippen molar-refractivity contribution in [1.29, 1.82) is 0 Å². The molecule has 18 atom stereocenters. The van der Waals surface area contributed by atoms with Crippen molar-refractivity contribution in [3.05, 3.63) is 30.3 Å². The first-order valence-corrected chi connectivity index (χ1v) is 21.9. The number of carbonyl (C=O) groups excluding carboxylic acids is 2. The molecular weight excluding hydrogens is 795 g/mol. The third kappa shape index (κ3) is 11.0. The van der Waals surface area contributed by atoms with E-state index in [2.05, 4.69) is 4.72 Å². The van der Waals surface area contributed by atoms with Gasteiger partial charge in [0.2, 0.25) is 10.0 Å². The van der Waals surface area contributed by atoms with E-state index in [4.69, 9.17) is 33.2 Å². The van der Waals surface area contributed by atoms with Crippen molar-refractivity contribution in [2.24, 2.45) is 17.8 Å². The van der Waals surface area contributed by atoms with Crippen LogP contribution in [0.2, 0.25) is 0 Å². The number of hydrogen-bond acceptors (Lipinski definition) is 16. The molecule has 0 aliphatic carbocycles. The number of rotatable bonds is 11. The maximum absolute atomic E-state index is 14.3. The number of aliphatic hydroxyl groups is 5. The fraction of sp³-hybridized carbons (Fsp3) is 0.805. The summed E-state index contributed by atoms with van der Waals surface area (Å²) in [7, 11) is -2.66. The van der Waals surface area contributed by atoms with Gasteiger partial charge in [0.15, 0.2) is 18.2 Å². The quantitative estimate of drug-likeness (QED) is 0.174. The van der Waals surface area contributed by atoms with Crippen molar-refractivity contribution in [2.45, 2.75) is 190 Å². The third-order valence-electron chi connectivity index (χ3n) is 12.3. The Hall–Kier alpha value is -2.33. The lowest BCUT2D eigenvalue weighted by Crippen LogP contribution is -2.61. The smallest absolute Gasteiger partial charge is 0.311 e. The van der Waals surface area contributed by atoms with E-state index in [-0.39, 0.29) is 30.6 Å². The van der Waals surface area contributed by atoms with Gasteiger partial charge in [-0.05, 0) is 79.9 Å². The maximum atomic E-state index is 14.3. The summed E-state index contributed by atoms with van der Waals surface area (Å²) in [6.45, 7) is 15.4. The summed E-state index contributed by atoms with van der Waals surface area (Å²) in [4.78, 5) is 28.2. The second kappa shape index (κ2) is 19.4. The Morgan fingerprint density at radius 3 is 2.15 bits per heavy atom. The number of methoxy groups -OCH3 is 1. The van der Waals surface area contributed by atoms with Crippen molar-refractivity contribution in [1.82, 2.24) is 4.72 Å². The molecule has 59 heavy (non-hydrogen) atoms. The molecule has 338 valence electrons. The van der Waals surface area contributed by atoms with Crippen molar-refractivity contribution in [3.8, 4) is 0 Å². The molecule has 3 saturated heterocycles. The van der Waals surface area contributed by atoms with Crippen LogP contribution in [0.4, 0.5) is 0 Å². The number of carbonyl (C=O) groups is 2. The summed E-state index contributed by atoms with van der Waals surface area (Å²) < 4.78 is 72.3. The Labute approximate surface area is 348 Å². The number of hydrogen-bond donors (Lipinski definition) is 6. The molecule has 3 aliphatic heterocycles. The molecule has 3 aliphatic rings. The van der Waals surface area contributed by atoms with E-state index >= 15 is 0 Å². The molecule has 4 rings (SSSR count). The molecule has 18 heteroatoms. The molecular formula is C41H67NO16S. The molecule has 1 aromatic carbocycles. The lowest BCUT2D eigenvalue weighted by Gasteiger charge is -2.48. The largest absolute Gasteiger partial charge is 0.458 e. The van der Waals surface area contributed by atoms with E-state index in [9.17, 15) is 43.5 Å². The van der Waals surface area contributed by atoms with Gasteiger partial charge in [-0.2, -0.15) is 0 Å². The van der Waals surface area contributed by atoms with Crippen molar-refractivity contribution >= 4 is 22.0 Å². The van der Waals surface area contributed by atoms with E-state index in [1.807, 2.05) is 0 Å². The monoisotopic (exact) mass is 861 g/mol. The van der Waals surface area contributed by atoms with Gasteiger partial charge in [0.1, 0.15) is 24.4 Å². The van der Waals surface area contributed by atoms with Crippen LogP contribution in [-0.2, 0) is 52.8 Å². The van der Waals surface area contributed by atoms with Crippen LogP contribution in [0.15, 0.2) is 35.2 Å². The first kappa shape index (κ1) is 49.3. The topological polar surface area (TPSA) is 246 Å². The van der Waals surface area contributed by atoms with Crippen LogP contribution >= 0.6 is 0 Å². The molecule has 0 bridgehead atoms.